The fraction of sp³-hybridized carbons (Fsp3) is 0.524. The van der Waals surface area contributed by atoms with Gasteiger partial charge < -0.3 is 18.9 Å². The van der Waals surface area contributed by atoms with Crippen LogP contribution in [-0.4, -0.2) is 43.1 Å². The van der Waals surface area contributed by atoms with E-state index in [2.05, 4.69) is 10.2 Å². The molecule has 2 aromatic rings. The van der Waals surface area contributed by atoms with E-state index in [0.717, 1.165) is 41.9 Å². The summed E-state index contributed by atoms with van der Waals surface area (Å²) in [4.78, 5) is 11.4. The number of aromatic nitrogens is 2. The Kier molecular flexibility index (Phi) is 9.18. The van der Waals surface area contributed by atoms with Crippen LogP contribution in [0.4, 0.5) is 0 Å². The fourth-order valence-corrected chi connectivity index (χ4v) is 2.81. The highest BCUT2D eigenvalue weighted by atomic mass is 16.5. The number of rotatable bonds is 13. The van der Waals surface area contributed by atoms with Crippen LogP contribution in [0.3, 0.4) is 0 Å². The van der Waals surface area contributed by atoms with Crippen molar-refractivity contribution >= 4 is 5.97 Å². The van der Waals surface area contributed by atoms with Crippen LogP contribution < -0.4 is 14.2 Å². The molecule has 0 spiro atoms. The van der Waals surface area contributed by atoms with Crippen LogP contribution in [-0.2, 0) is 22.4 Å². The van der Waals surface area contributed by atoms with Crippen LogP contribution in [0.15, 0.2) is 24.4 Å². The standard InChI is InChI=1S/C21H30N2O5/c1-4-26-19-14-18(11-9-16(19)10-12-20(24)25-3)28-13-7-6-8-17-15-22-23-21(17)27-5-2/h9,11,14-15H,4-8,10,12-13H2,1-3H3,(H,22,23). The molecule has 1 aromatic carbocycles. The normalized spacial score (nSPS) is 10.5. The average Bonchev–Trinajstić information content (AvgIpc) is 3.14. The molecule has 2 rings (SSSR count). The van der Waals surface area contributed by atoms with Crippen LogP contribution in [0.25, 0.3) is 0 Å². The number of aryl methyl sites for hydroxylation is 2. The van der Waals surface area contributed by atoms with Crippen molar-refractivity contribution in [2.24, 2.45) is 0 Å². The predicted octanol–water partition coefficient (Wildman–Crippen LogP) is 3.71. The first kappa shape index (κ1) is 21.6. The number of hydrogen-bond acceptors (Lipinski definition) is 6. The molecule has 0 aliphatic rings. The molecule has 28 heavy (non-hydrogen) atoms. The first-order chi connectivity index (χ1) is 13.7. The van der Waals surface area contributed by atoms with Crippen molar-refractivity contribution in [2.45, 2.75) is 46.0 Å². The molecular weight excluding hydrogens is 360 g/mol. The molecule has 1 N–H and O–H groups in total. The Morgan fingerprint density at radius 2 is 1.86 bits per heavy atom. The summed E-state index contributed by atoms with van der Waals surface area (Å²) >= 11 is 0. The molecule has 7 heteroatoms. The topological polar surface area (TPSA) is 82.7 Å². The molecule has 0 amide bonds. The molecule has 0 unspecified atom stereocenters. The zero-order valence-electron chi connectivity index (χ0n) is 17.0. The Hall–Kier alpha value is -2.70. The number of benzene rings is 1. The second-order valence-electron chi connectivity index (χ2n) is 6.23. The van der Waals surface area contributed by atoms with Gasteiger partial charge in [0.2, 0.25) is 5.88 Å². The molecule has 0 aliphatic heterocycles. The monoisotopic (exact) mass is 390 g/mol. The second kappa shape index (κ2) is 11.9. The molecular formula is C21H30N2O5. The van der Waals surface area contributed by atoms with E-state index in [1.165, 1.54) is 7.11 Å². The van der Waals surface area contributed by atoms with E-state index >= 15 is 0 Å². The molecule has 0 bridgehead atoms. The van der Waals surface area contributed by atoms with Gasteiger partial charge in [-0.2, -0.15) is 0 Å². The summed E-state index contributed by atoms with van der Waals surface area (Å²) in [7, 11) is 1.40. The van der Waals surface area contributed by atoms with Gasteiger partial charge in [0.1, 0.15) is 11.5 Å². The van der Waals surface area contributed by atoms with Crippen molar-refractivity contribution in [3.8, 4) is 17.4 Å². The molecule has 1 aromatic heterocycles. The number of ether oxygens (including phenoxy) is 4. The summed E-state index contributed by atoms with van der Waals surface area (Å²) < 4.78 is 21.7. The summed E-state index contributed by atoms with van der Waals surface area (Å²) in [6.07, 6.45) is 5.59. The average molecular weight is 390 g/mol. The maximum Gasteiger partial charge on any atom is 0.305 e. The first-order valence-corrected chi connectivity index (χ1v) is 9.78. The maximum absolute atomic E-state index is 11.4. The van der Waals surface area contributed by atoms with Gasteiger partial charge in [-0.1, -0.05) is 6.07 Å². The third kappa shape index (κ3) is 6.79. The minimum atomic E-state index is -0.229. The van der Waals surface area contributed by atoms with Gasteiger partial charge in [0.25, 0.3) is 0 Å². The van der Waals surface area contributed by atoms with Gasteiger partial charge in [0.05, 0.1) is 26.9 Å². The van der Waals surface area contributed by atoms with Crippen molar-refractivity contribution < 1.29 is 23.7 Å². The van der Waals surface area contributed by atoms with Crippen LogP contribution in [0.2, 0.25) is 0 Å². The van der Waals surface area contributed by atoms with Gasteiger partial charge >= 0.3 is 5.97 Å². The highest BCUT2D eigenvalue weighted by molar-refractivity contribution is 5.69. The van der Waals surface area contributed by atoms with Crippen LogP contribution in [0, 0.1) is 0 Å². The number of nitrogens with one attached hydrogen (secondary N) is 1. The zero-order valence-corrected chi connectivity index (χ0v) is 17.0. The molecule has 1 heterocycles. The third-order valence-corrected chi connectivity index (χ3v) is 4.23. The third-order valence-electron chi connectivity index (χ3n) is 4.23. The molecule has 7 nitrogen and oxygen atoms in total. The summed E-state index contributed by atoms with van der Waals surface area (Å²) in [5, 5.41) is 6.94. The van der Waals surface area contributed by atoms with E-state index in [0.29, 0.717) is 38.5 Å². The largest absolute Gasteiger partial charge is 0.493 e. The highest BCUT2D eigenvalue weighted by Crippen LogP contribution is 2.26. The lowest BCUT2D eigenvalue weighted by Crippen LogP contribution is -2.05. The van der Waals surface area contributed by atoms with E-state index in [1.54, 1.807) is 0 Å². The van der Waals surface area contributed by atoms with Crippen LogP contribution in [0.1, 0.15) is 44.2 Å². The quantitative estimate of drug-likeness (QED) is 0.415. The van der Waals surface area contributed by atoms with Crippen molar-refractivity contribution in [1.82, 2.24) is 10.2 Å². The van der Waals surface area contributed by atoms with Crippen molar-refractivity contribution in [1.29, 1.82) is 0 Å². The molecule has 0 aliphatic carbocycles. The lowest BCUT2D eigenvalue weighted by molar-refractivity contribution is -0.140. The molecule has 0 saturated carbocycles. The fourth-order valence-electron chi connectivity index (χ4n) is 2.81. The highest BCUT2D eigenvalue weighted by Gasteiger charge is 2.10. The Balaban J connectivity index is 1.80. The second-order valence-corrected chi connectivity index (χ2v) is 6.23. The van der Waals surface area contributed by atoms with Crippen LogP contribution in [0.5, 0.6) is 17.4 Å². The van der Waals surface area contributed by atoms with Gasteiger partial charge in [-0.05, 0) is 51.2 Å². The lowest BCUT2D eigenvalue weighted by Gasteiger charge is -2.13. The number of aromatic amines is 1. The van der Waals surface area contributed by atoms with Gasteiger partial charge in [0.15, 0.2) is 0 Å². The van der Waals surface area contributed by atoms with E-state index in [4.69, 9.17) is 18.9 Å². The maximum atomic E-state index is 11.4. The zero-order chi connectivity index (χ0) is 20.2. The Morgan fingerprint density at radius 3 is 2.61 bits per heavy atom. The summed E-state index contributed by atoms with van der Waals surface area (Å²) in [5.74, 6) is 1.98. The number of carbonyl (C=O) groups excluding carboxylic acids is 1. The lowest BCUT2D eigenvalue weighted by atomic mass is 10.1. The smallest absolute Gasteiger partial charge is 0.305 e. The SMILES string of the molecule is CCOc1cc(OCCCCc2c[nH]nc2OCC)ccc1CCC(=O)OC. The van der Waals surface area contributed by atoms with Crippen molar-refractivity contribution in [2.75, 3.05) is 26.9 Å². The van der Waals surface area contributed by atoms with E-state index < -0.39 is 0 Å². The summed E-state index contributed by atoms with van der Waals surface area (Å²) in [5.41, 5.74) is 2.07. The summed E-state index contributed by atoms with van der Waals surface area (Å²) in [6, 6.07) is 5.75. The Labute approximate surface area is 166 Å². The summed E-state index contributed by atoms with van der Waals surface area (Å²) in [6.45, 7) is 5.67. The van der Waals surface area contributed by atoms with E-state index in [-0.39, 0.29) is 5.97 Å². The molecule has 0 radical (unpaired) electrons. The van der Waals surface area contributed by atoms with Crippen molar-refractivity contribution in [3.05, 3.63) is 35.5 Å². The Morgan fingerprint density at radius 1 is 1.04 bits per heavy atom. The van der Waals surface area contributed by atoms with Gasteiger partial charge in [-0.15, -0.1) is 5.10 Å². The number of carbonyl (C=O) groups is 1. The van der Waals surface area contributed by atoms with E-state index in [9.17, 15) is 4.79 Å². The molecule has 154 valence electrons. The van der Waals surface area contributed by atoms with Gasteiger partial charge in [-0.3, -0.25) is 9.89 Å². The number of methoxy groups -OCH3 is 1. The number of esters is 1. The van der Waals surface area contributed by atoms with E-state index in [1.807, 2.05) is 38.2 Å². The van der Waals surface area contributed by atoms with Gasteiger partial charge in [0, 0.05) is 24.2 Å². The van der Waals surface area contributed by atoms with Crippen LogP contribution >= 0.6 is 0 Å². The molecule has 0 saturated heterocycles. The number of H-pyrrole nitrogens is 1. The number of nitrogens with zero attached hydrogens (tertiary/aromatic N) is 1. The Bertz CT molecular complexity index is 729. The minimum absolute atomic E-state index is 0.229. The molecule has 0 fully saturated rings. The number of unbranched alkanes of at least 4 members (excludes halogenated alkanes) is 1. The minimum Gasteiger partial charge on any atom is -0.493 e. The molecule has 0 atom stereocenters. The first-order valence-electron chi connectivity index (χ1n) is 9.78. The number of hydrogen-bond donors (Lipinski definition) is 1. The van der Waals surface area contributed by atoms with Gasteiger partial charge in [-0.25, -0.2) is 0 Å². The predicted molar refractivity (Wildman–Crippen MR) is 106 cm³/mol. The van der Waals surface area contributed by atoms with Crippen molar-refractivity contribution in [3.63, 3.8) is 0 Å².